The van der Waals surface area contributed by atoms with Gasteiger partial charge in [-0.1, -0.05) is 60.7 Å². The number of amides is 2. The summed E-state index contributed by atoms with van der Waals surface area (Å²) in [4.78, 5) is 20.5. The molecule has 2 aromatic heterocycles. The van der Waals surface area contributed by atoms with Crippen LogP contribution in [0.15, 0.2) is 79.0 Å². The molecule has 1 saturated heterocycles. The van der Waals surface area contributed by atoms with Gasteiger partial charge in [-0.25, -0.2) is 9.78 Å². The Balaban J connectivity index is 1.40. The van der Waals surface area contributed by atoms with Crippen LogP contribution in [0.3, 0.4) is 0 Å². The minimum Gasteiger partial charge on any atom is -0.383 e. The Morgan fingerprint density at radius 1 is 1.06 bits per heavy atom. The van der Waals surface area contributed by atoms with Gasteiger partial charge < -0.3 is 10.1 Å². The van der Waals surface area contributed by atoms with E-state index < -0.39 is 0 Å². The Bertz CT molecular complexity index is 1290. The lowest BCUT2D eigenvalue weighted by Gasteiger charge is -2.21. The molecule has 1 aliphatic heterocycles. The lowest BCUT2D eigenvalue weighted by atomic mass is 9.94. The zero-order valence-electron chi connectivity index (χ0n) is 20.1. The maximum absolute atomic E-state index is 13.4. The van der Waals surface area contributed by atoms with Crippen LogP contribution < -0.4 is 10.6 Å². The van der Waals surface area contributed by atoms with Crippen molar-refractivity contribution in [2.75, 3.05) is 38.7 Å². The highest BCUT2D eigenvalue weighted by Gasteiger charge is 2.34. The molecule has 0 bridgehead atoms. The molecule has 0 aliphatic carbocycles. The van der Waals surface area contributed by atoms with Crippen LogP contribution in [0.4, 0.5) is 10.6 Å². The molecule has 2 atom stereocenters. The first-order valence-electron chi connectivity index (χ1n) is 12.0. The largest absolute Gasteiger partial charge is 0.383 e. The third kappa shape index (κ3) is 5.06. The number of likely N-dealkylation sites (tertiary alicyclic amines) is 1. The van der Waals surface area contributed by atoms with Crippen LogP contribution in [0, 0.1) is 6.92 Å². The fraction of sp³-hybridized carbons (Fsp3) is 0.286. The highest BCUT2D eigenvalue weighted by Crippen LogP contribution is 2.30. The van der Waals surface area contributed by atoms with Gasteiger partial charge in [-0.05, 0) is 30.2 Å². The number of anilines is 1. The van der Waals surface area contributed by atoms with Gasteiger partial charge in [-0.3, -0.25) is 14.6 Å². The van der Waals surface area contributed by atoms with Gasteiger partial charge in [0.25, 0.3) is 0 Å². The van der Waals surface area contributed by atoms with E-state index in [1.807, 2.05) is 66.1 Å². The van der Waals surface area contributed by atoms with Crippen LogP contribution in [-0.4, -0.2) is 59.7 Å². The summed E-state index contributed by atoms with van der Waals surface area (Å²) >= 11 is 0. The second-order valence-electron chi connectivity index (χ2n) is 9.08. The molecule has 7 heteroatoms. The highest BCUT2D eigenvalue weighted by atomic mass is 16.5. The molecular weight excluding hydrogens is 438 g/mol. The maximum atomic E-state index is 13.4. The SMILES string of the molecule is COCCN1C[C@H](NC(=O)Nc2c(-c3ccccc3)nc3cc(C)ccn23)[C@@H](c2ccccc2)C1. The van der Waals surface area contributed by atoms with Crippen molar-refractivity contribution in [1.29, 1.82) is 0 Å². The van der Waals surface area contributed by atoms with E-state index in [4.69, 9.17) is 9.72 Å². The summed E-state index contributed by atoms with van der Waals surface area (Å²) in [6.45, 7) is 5.19. The first-order chi connectivity index (χ1) is 17.1. The summed E-state index contributed by atoms with van der Waals surface area (Å²) in [5.41, 5.74) is 4.85. The Morgan fingerprint density at radius 2 is 1.80 bits per heavy atom. The second kappa shape index (κ2) is 10.3. The number of fused-ring (bicyclic) bond motifs is 1. The van der Waals surface area contributed by atoms with Crippen LogP contribution in [0.2, 0.25) is 0 Å². The van der Waals surface area contributed by atoms with Gasteiger partial charge in [0.1, 0.15) is 17.2 Å². The van der Waals surface area contributed by atoms with Crippen molar-refractivity contribution in [3.05, 3.63) is 90.1 Å². The van der Waals surface area contributed by atoms with Crippen molar-refractivity contribution >= 4 is 17.5 Å². The number of carbonyl (C=O) groups excluding carboxylic acids is 1. The Kier molecular flexibility index (Phi) is 6.79. The van der Waals surface area contributed by atoms with Crippen LogP contribution in [0.5, 0.6) is 0 Å². The van der Waals surface area contributed by atoms with E-state index in [-0.39, 0.29) is 18.0 Å². The van der Waals surface area contributed by atoms with Gasteiger partial charge in [0.2, 0.25) is 0 Å². The van der Waals surface area contributed by atoms with Crippen LogP contribution in [0.25, 0.3) is 16.9 Å². The van der Waals surface area contributed by atoms with E-state index in [0.29, 0.717) is 12.4 Å². The smallest absolute Gasteiger partial charge is 0.320 e. The molecule has 7 nitrogen and oxygen atoms in total. The van der Waals surface area contributed by atoms with Gasteiger partial charge in [0, 0.05) is 44.4 Å². The van der Waals surface area contributed by atoms with Crippen molar-refractivity contribution < 1.29 is 9.53 Å². The number of nitrogens with one attached hydrogen (secondary N) is 2. The van der Waals surface area contributed by atoms with Crippen LogP contribution >= 0.6 is 0 Å². The van der Waals surface area contributed by atoms with Gasteiger partial charge in [-0.15, -0.1) is 0 Å². The second-order valence-corrected chi connectivity index (χ2v) is 9.08. The number of rotatable bonds is 7. The first-order valence-corrected chi connectivity index (χ1v) is 12.0. The molecule has 35 heavy (non-hydrogen) atoms. The summed E-state index contributed by atoms with van der Waals surface area (Å²) in [6, 6.07) is 24.1. The fourth-order valence-corrected chi connectivity index (χ4v) is 4.85. The number of methoxy groups -OCH3 is 1. The predicted molar refractivity (Wildman–Crippen MR) is 139 cm³/mol. The van der Waals surface area contributed by atoms with Crippen LogP contribution in [-0.2, 0) is 4.74 Å². The van der Waals surface area contributed by atoms with Crippen LogP contribution in [0.1, 0.15) is 17.0 Å². The number of carbonyl (C=O) groups is 1. The Labute approximate surface area is 205 Å². The standard InChI is InChI=1S/C28H31N5O2/c1-20-13-14-33-25(17-20)30-26(22-11-7-4-8-12-22)27(33)31-28(34)29-24-19-32(15-16-35-2)18-23(24)21-9-5-3-6-10-21/h3-14,17,23-24H,15-16,18-19H2,1-2H3,(H2,29,31,34)/t23-,24+/m1/s1. The summed E-state index contributed by atoms with van der Waals surface area (Å²) in [5, 5.41) is 6.37. The van der Waals surface area contributed by atoms with Crippen molar-refractivity contribution in [3.8, 4) is 11.3 Å². The minimum absolute atomic E-state index is 0.0177. The maximum Gasteiger partial charge on any atom is 0.320 e. The number of pyridine rings is 1. The molecule has 0 unspecified atom stereocenters. The molecule has 1 aliphatic rings. The molecule has 5 rings (SSSR count). The van der Waals surface area contributed by atoms with Gasteiger partial charge in [0.05, 0.1) is 12.6 Å². The zero-order valence-corrected chi connectivity index (χ0v) is 20.1. The van der Waals surface area contributed by atoms with E-state index in [0.717, 1.165) is 42.1 Å². The Morgan fingerprint density at radius 3 is 2.54 bits per heavy atom. The summed E-state index contributed by atoms with van der Waals surface area (Å²) in [5.74, 6) is 0.867. The molecule has 180 valence electrons. The fourth-order valence-electron chi connectivity index (χ4n) is 4.85. The number of imidazole rings is 1. The number of hydrogen-bond donors (Lipinski definition) is 2. The molecule has 0 radical (unpaired) electrons. The van der Waals surface area contributed by atoms with E-state index in [2.05, 4.69) is 39.8 Å². The quantitative estimate of drug-likeness (QED) is 0.417. The van der Waals surface area contributed by atoms with Crippen molar-refractivity contribution in [3.63, 3.8) is 0 Å². The number of nitrogens with zero attached hydrogens (tertiary/aromatic N) is 3. The molecule has 4 aromatic rings. The lowest BCUT2D eigenvalue weighted by Crippen LogP contribution is -2.42. The molecule has 0 saturated carbocycles. The molecule has 2 amide bonds. The number of hydrogen-bond acceptors (Lipinski definition) is 4. The molecule has 3 heterocycles. The number of urea groups is 1. The molecule has 0 spiro atoms. The van der Waals surface area contributed by atoms with E-state index >= 15 is 0 Å². The third-order valence-electron chi connectivity index (χ3n) is 6.61. The van der Waals surface area contributed by atoms with Gasteiger partial charge in [0.15, 0.2) is 0 Å². The van der Waals surface area contributed by atoms with E-state index in [1.165, 1.54) is 5.56 Å². The van der Waals surface area contributed by atoms with E-state index in [1.54, 1.807) is 7.11 Å². The molecule has 2 aromatic carbocycles. The number of ether oxygens (including phenoxy) is 1. The van der Waals surface area contributed by atoms with Crippen molar-refractivity contribution in [1.82, 2.24) is 19.6 Å². The van der Waals surface area contributed by atoms with Crippen molar-refractivity contribution in [2.45, 2.75) is 18.9 Å². The first kappa shape index (κ1) is 23.1. The van der Waals surface area contributed by atoms with E-state index in [9.17, 15) is 4.79 Å². The zero-order chi connectivity index (χ0) is 24.2. The van der Waals surface area contributed by atoms with Gasteiger partial charge in [-0.2, -0.15) is 0 Å². The normalized spacial score (nSPS) is 18.1. The lowest BCUT2D eigenvalue weighted by molar-refractivity contribution is 0.159. The topological polar surface area (TPSA) is 70.9 Å². The summed E-state index contributed by atoms with van der Waals surface area (Å²) < 4.78 is 7.22. The molecule has 1 fully saturated rings. The Hall–Kier alpha value is -3.68. The van der Waals surface area contributed by atoms with Crippen molar-refractivity contribution in [2.24, 2.45) is 0 Å². The molecule has 2 N–H and O–H groups in total. The summed E-state index contributed by atoms with van der Waals surface area (Å²) in [7, 11) is 1.72. The predicted octanol–water partition coefficient (Wildman–Crippen LogP) is 4.55. The third-order valence-corrected chi connectivity index (χ3v) is 6.61. The number of benzene rings is 2. The average Bonchev–Trinajstić information content (AvgIpc) is 3.44. The average molecular weight is 470 g/mol. The minimum atomic E-state index is -0.232. The highest BCUT2D eigenvalue weighted by molar-refractivity contribution is 5.93. The number of aryl methyl sites for hydroxylation is 1. The molecular formula is C28H31N5O2. The number of aromatic nitrogens is 2. The summed E-state index contributed by atoms with van der Waals surface area (Å²) in [6.07, 6.45) is 1.95. The monoisotopic (exact) mass is 469 g/mol. The van der Waals surface area contributed by atoms with Gasteiger partial charge >= 0.3 is 6.03 Å².